The molecule has 3 unspecified atom stereocenters. The number of hydrogen-bond donors (Lipinski definition) is 3. The lowest BCUT2D eigenvalue weighted by Crippen LogP contribution is -2.53. The average Bonchev–Trinajstić information content (AvgIpc) is 3.20. The van der Waals surface area contributed by atoms with E-state index in [0.29, 0.717) is 31.2 Å². The largest absolute Gasteiger partial charge is 0.383 e. The fraction of sp³-hybridized carbons (Fsp3) is 0.875. The van der Waals surface area contributed by atoms with Gasteiger partial charge in [-0.15, -0.1) is 0 Å². The zero-order chi connectivity index (χ0) is 23.1. The highest BCUT2D eigenvalue weighted by Crippen LogP contribution is 2.61. The van der Waals surface area contributed by atoms with Crippen LogP contribution in [0, 0.1) is 28.6 Å². The van der Waals surface area contributed by atoms with E-state index in [9.17, 15) is 19.5 Å². The Morgan fingerprint density at radius 3 is 2.29 bits per heavy atom. The highest BCUT2D eigenvalue weighted by atomic mass is 16.3. The molecule has 0 aromatic heterocycles. The first kappa shape index (κ1) is 24.2. The zero-order valence-electron chi connectivity index (χ0n) is 19.6. The lowest BCUT2D eigenvalue weighted by Gasteiger charge is -2.34. The van der Waals surface area contributed by atoms with Crippen LogP contribution in [0.3, 0.4) is 0 Å². The number of hydrogen-bond acceptors (Lipinski definition) is 5. The molecule has 176 valence electrons. The normalized spacial score (nSPS) is 31.2. The molecule has 5 N–H and O–H groups in total. The van der Waals surface area contributed by atoms with E-state index in [1.807, 2.05) is 20.8 Å². The number of nitrogens with zero attached hydrogens (tertiary/aromatic N) is 1. The maximum Gasteiger partial charge on any atom is 0.246 e. The quantitative estimate of drug-likeness (QED) is 0.510. The first-order valence-corrected chi connectivity index (χ1v) is 12.0. The van der Waals surface area contributed by atoms with E-state index in [0.717, 1.165) is 32.1 Å². The molecule has 0 aromatic carbocycles. The minimum absolute atomic E-state index is 0.0219. The number of nitrogens with two attached hydrogens (primary N) is 2. The SMILES string of the molecule is CCC1C[C@@]12C[C@@H](C(=O)CC(CC1CCC1)C(O)C(N)=O)N(C(=O)[C@@H](N)C(C)(C)C)C2. The molecule has 31 heavy (non-hydrogen) atoms. The molecule has 0 bridgehead atoms. The second kappa shape index (κ2) is 8.81. The molecule has 0 aromatic rings. The third kappa shape index (κ3) is 4.98. The standard InChI is InChI=1S/C24H41N3O4/c1-5-16-11-24(16)12-17(27(13-24)22(31)20(25)23(2,3)4)18(28)10-15(19(29)21(26)30)9-14-7-6-8-14/h14-17,19-20,29H,5-13,25H2,1-4H3,(H2,26,30)/t15?,16?,17-,19?,20+,24-/m0/s1. The van der Waals surface area contributed by atoms with Gasteiger partial charge in [-0.2, -0.15) is 0 Å². The van der Waals surface area contributed by atoms with Crippen LogP contribution in [0.5, 0.6) is 0 Å². The summed E-state index contributed by atoms with van der Waals surface area (Å²) in [5, 5.41) is 10.4. The Bertz CT molecular complexity index is 714. The predicted molar refractivity (Wildman–Crippen MR) is 119 cm³/mol. The van der Waals surface area contributed by atoms with Gasteiger partial charge in [-0.3, -0.25) is 14.4 Å². The molecule has 2 saturated carbocycles. The van der Waals surface area contributed by atoms with E-state index in [2.05, 4.69) is 6.92 Å². The first-order chi connectivity index (χ1) is 14.4. The van der Waals surface area contributed by atoms with E-state index < -0.39 is 35.4 Å². The van der Waals surface area contributed by atoms with Crippen LogP contribution in [0.4, 0.5) is 0 Å². The molecule has 1 spiro atoms. The monoisotopic (exact) mass is 435 g/mol. The minimum atomic E-state index is -1.33. The van der Waals surface area contributed by atoms with Gasteiger partial charge in [-0.05, 0) is 41.9 Å². The predicted octanol–water partition coefficient (Wildman–Crippen LogP) is 1.99. The van der Waals surface area contributed by atoms with Crippen LogP contribution in [-0.4, -0.2) is 52.3 Å². The van der Waals surface area contributed by atoms with Crippen molar-refractivity contribution in [1.29, 1.82) is 0 Å². The van der Waals surface area contributed by atoms with Gasteiger partial charge in [0.25, 0.3) is 0 Å². The highest BCUT2D eigenvalue weighted by molar-refractivity contribution is 5.92. The first-order valence-electron chi connectivity index (χ1n) is 12.0. The third-order valence-corrected chi connectivity index (χ3v) is 8.23. The summed E-state index contributed by atoms with van der Waals surface area (Å²) in [5.41, 5.74) is 11.3. The topological polar surface area (TPSA) is 127 Å². The van der Waals surface area contributed by atoms with Gasteiger partial charge < -0.3 is 21.5 Å². The summed E-state index contributed by atoms with van der Waals surface area (Å²) in [6.45, 7) is 8.53. The van der Waals surface area contributed by atoms with Gasteiger partial charge in [0, 0.05) is 18.9 Å². The molecule has 6 atom stereocenters. The van der Waals surface area contributed by atoms with Crippen molar-refractivity contribution in [3.63, 3.8) is 0 Å². The Morgan fingerprint density at radius 2 is 1.84 bits per heavy atom. The lowest BCUT2D eigenvalue weighted by molar-refractivity contribution is -0.142. The zero-order valence-corrected chi connectivity index (χ0v) is 19.6. The van der Waals surface area contributed by atoms with Gasteiger partial charge in [0.2, 0.25) is 11.8 Å². The van der Waals surface area contributed by atoms with Crippen LogP contribution >= 0.6 is 0 Å². The van der Waals surface area contributed by atoms with Crippen molar-refractivity contribution in [2.24, 2.45) is 40.1 Å². The molecule has 3 rings (SSSR count). The van der Waals surface area contributed by atoms with Crippen molar-refractivity contribution in [2.75, 3.05) is 6.54 Å². The number of amides is 2. The van der Waals surface area contributed by atoms with Crippen molar-refractivity contribution in [1.82, 2.24) is 4.90 Å². The highest BCUT2D eigenvalue weighted by Gasteiger charge is 2.61. The van der Waals surface area contributed by atoms with E-state index in [1.165, 1.54) is 0 Å². The number of carbonyl (C=O) groups excluding carboxylic acids is 3. The molecule has 3 aliphatic rings. The maximum absolute atomic E-state index is 13.5. The fourth-order valence-corrected chi connectivity index (χ4v) is 5.64. The second-order valence-electron chi connectivity index (χ2n) is 11.5. The number of Topliss-reactive ketones (excluding diaryl/α,β-unsaturated/α-hetero) is 1. The molecule has 7 heteroatoms. The molecule has 0 radical (unpaired) electrons. The number of aliphatic hydroxyl groups excluding tert-OH is 1. The van der Waals surface area contributed by atoms with Crippen LogP contribution < -0.4 is 11.5 Å². The van der Waals surface area contributed by atoms with E-state index in [4.69, 9.17) is 11.5 Å². The van der Waals surface area contributed by atoms with E-state index >= 15 is 0 Å². The fourth-order valence-electron chi connectivity index (χ4n) is 5.64. The van der Waals surface area contributed by atoms with Crippen LogP contribution in [0.15, 0.2) is 0 Å². The van der Waals surface area contributed by atoms with Gasteiger partial charge in [0.15, 0.2) is 5.78 Å². The summed E-state index contributed by atoms with van der Waals surface area (Å²) < 4.78 is 0. The summed E-state index contributed by atoms with van der Waals surface area (Å²) in [4.78, 5) is 40.2. The lowest BCUT2D eigenvalue weighted by atomic mass is 9.75. The number of aliphatic hydroxyl groups is 1. The van der Waals surface area contributed by atoms with Crippen LogP contribution in [0.25, 0.3) is 0 Å². The number of likely N-dealkylation sites (tertiary alicyclic amines) is 1. The number of rotatable bonds is 9. The second-order valence-corrected chi connectivity index (χ2v) is 11.5. The molecular formula is C24H41N3O4. The van der Waals surface area contributed by atoms with Gasteiger partial charge >= 0.3 is 0 Å². The van der Waals surface area contributed by atoms with Crippen LogP contribution in [0.1, 0.15) is 79.1 Å². The van der Waals surface area contributed by atoms with E-state index in [-0.39, 0.29) is 23.5 Å². The Labute approximate surface area is 186 Å². The van der Waals surface area contributed by atoms with Gasteiger partial charge in [-0.1, -0.05) is 53.4 Å². The summed E-state index contributed by atoms with van der Waals surface area (Å²) in [6, 6.07) is -1.21. The Balaban J connectivity index is 1.77. The smallest absolute Gasteiger partial charge is 0.246 e. The molecule has 2 amide bonds. The van der Waals surface area contributed by atoms with Crippen molar-refractivity contribution < 1.29 is 19.5 Å². The number of ketones is 1. The molecular weight excluding hydrogens is 394 g/mol. The summed E-state index contributed by atoms with van der Waals surface area (Å²) in [7, 11) is 0. The van der Waals surface area contributed by atoms with Crippen LogP contribution in [-0.2, 0) is 14.4 Å². The third-order valence-electron chi connectivity index (χ3n) is 8.23. The minimum Gasteiger partial charge on any atom is -0.383 e. The van der Waals surface area contributed by atoms with Crippen molar-refractivity contribution in [3.8, 4) is 0 Å². The van der Waals surface area contributed by atoms with Crippen molar-refractivity contribution >= 4 is 17.6 Å². The Kier molecular flexibility index (Phi) is 6.87. The Hall–Kier alpha value is -1.47. The van der Waals surface area contributed by atoms with Gasteiger partial charge in [0.1, 0.15) is 6.10 Å². The molecule has 1 saturated heterocycles. The molecule has 1 heterocycles. The molecule has 2 aliphatic carbocycles. The Morgan fingerprint density at radius 1 is 1.19 bits per heavy atom. The molecule has 3 fully saturated rings. The molecule has 1 aliphatic heterocycles. The maximum atomic E-state index is 13.5. The average molecular weight is 436 g/mol. The molecule has 7 nitrogen and oxygen atoms in total. The summed E-state index contributed by atoms with van der Waals surface area (Å²) >= 11 is 0. The van der Waals surface area contributed by atoms with E-state index in [1.54, 1.807) is 4.90 Å². The number of primary amides is 1. The van der Waals surface area contributed by atoms with Crippen LogP contribution in [0.2, 0.25) is 0 Å². The summed E-state index contributed by atoms with van der Waals surface area (Å²) in [5.74, 6) is -0.541. The van der Waals surface area contributed by atoms with Gasteiger partial charge in [0.05, 0.1) is 12.1 Å². The van der Waals surface area contributed by atoms with Crippen molar-refractivity contribution in [3.05, 3.63) is 0 Å². The van der Waals surface area contributed by atoms with Gasteiger partial charge in [-0.25, -0.2) is 0 Å². The summed E-state index contributed by atoms with van der Waals surface area (Å²) in [6.07, 6.45) is 5.39. The number of carbonyl (C=O) groups is 3. The van der Waals surface area contributed by atoms with Crippen molar-refractivity contribution in [2.45, 2.75) is 97.2 Å².